The fourth-order valence-electron chi connectivity index (χ4n) is 2.84. The summed E-state index contributed by atoms with van der Waals surface area (Å²) in [5.41, 5.74) is 2.75. The molecule has 0 N–H and O–H groups in total. The molecule has 0 aliphatic heterocycles. The third kappa shape index (κ3) is 2.78. The van der Waals surface area contributed by atoms with E-state index in [-0.39, 0.29) is 5.91 Å². The van der Waals surface area contributed by atoms with E-state index < -0.39 is 0 Å². The Morgan fingerprint density at radius 2 is 1.26 bits per heavy atom. The molecule has 0 bridgehead atoms. The zero-order valence-corrected chi connectivity index (χ0v) is 13.7. The van der Waals surface area contributed by atoms with E-state index in [9.17, 15) is 4.79 Å². The molecular formula is C20H20N2O. The summed E-state index contributed by atoms with van der Waals surface area (Å²) in [6, 6.07) is 21.6. The number of fused-ring (bicyclic) bond motifs is 1. The van der Waals surface area contributed by atoms with Crippen molar-refractivity contribution in [2.24, 2.45) is 0 Å². The number of carbonyl (C=O) groups excluding carboxylic acids is 1. The largest absolute Gasteiger partial charge is 0.377 e. The molecule has 0 spiro atoms. The van der Waals surface area contributed by atoms with E-state index >= 15 is 0 Å². The van der Waals surface area contributed by atoms with Crippen molar-refractivity contribution in [1.82, 2.24) is 0 Å². The Kier molecular flexibility index (Phi) is 4.02. The van der Waals surface area contributed by atoms with Gasteiger partial charge in [-0.05, 0) is 24.3 Å². The van der Waals surface area contributed by atoms with Crippen LogP contribution in [0.5, 0.6) is 0 Å². The van der Waals surface area contributed by atoms with E-state index in [0.29, 0.717) is 5.56 Å². The van der Waals surface area contributed by atoms with E-state index in [0.717, 1.165) is 22.1 Å². The summed E-state index contributed by atoms with van der Waals surface area (Å²) in [7, 11) is 5.88. The highest BCUT2D eigenvalue weighted by atomic mass is 16.2. The predicted molar refractivity (Wildman–Crippen MR) is 97.5 cm³/mol. The van der Waals surface area contributed by atoms with Gasteiger partial charge in [0.15, 0.2) is 0 Å². The number of hydrogen-bond acceptors (Lipinski definition) is 2. The monoisotopic (exact) mass is 304 g/mol. The highest BCUT2D eigenvalue weighted by Gasteiger charge is 2.16. The molecule has 0 saturated carbocycles. The average molecular weight is 304 g/mol. The topological polar surface area (TPSA) is 23.6 Å². The second kappa shape index (κ2) is 6.13. The zero-order valence-electron chi connectivity index (χ0n) is 13.7. The van der Waals surface area contributed by atoms with Crippen LogP contribution in [0.4, 0.5) is 11.4 Å². The first-order chi connectivity index (χ1) is 11.1. The van der Waals surface area contributed by atoms with Crippen LogP contribution < -0.4 is 9.80 Å². The molecule has 0 unspecified atom stereocenters. The van der Waals surface area contributed by atoms with Gasteiger partial charge in [0.05, 0.1) is 5.69 Å². The molecule has 0 saturated heterocycles. The Hall–Kier alpha value is -2.81. The molecule has 0 heterocycles. The van der Waals surface area contributed by atoms with Gasteiger partial charge >= 0.3 is 0 Å². The molecule has 0 radical (unpaired) electrons. The molecule has 116 valence electrons. The van der Waals surface area contributed by atoms with Crippen LogP contribution in [0, 0.1) is 0 Å². The normalized spacial score (nSPS) is 10.6. The minimum absolute atomic E-state index is 0.00615. The molecule has 23 heavy (non-hydrogen) atoms. The maximum Gasteiger partial charge on any atom is 0.258 e. The molecule has 0 fully saturated rings. The Balaban J connectivity index is 2.10. The van der Waals surface area contributed by atoms with Crippen molar-refractivity contribution in [2.75, 3.05) is 30.9 Å². The van der Waals surface area contributed by atoms with Crippen molar-refractivity contribution in [3.8, 4) is 0 Å². The van der Waals surface area contributed by atoms with Gasteiger partial charge in [0.1, 0.15) is 0 Å². The number of rotatable bonds is 3. The Morgan fingerprint density at radius 1 is 0.696 bits per heavy atom. The van der Waals surface area contributed by atoms with Crippen LogP contribution in [0.2, 0.25) is 0 Å². The third-order valence-corrected chi connectivity index (χ3v) is 4.04. The third-order valence-electron chi connectivity index (χ3n) is 4.04. The summed E-state index contributed by atoms with van der Waals surface area (Å²) >= 11 is 0. The maximum absolute atomic E-state index is 12.7. The first-order valence-electron chi connectivity index (χ1n) is 7.62. The molecule has 0 aromatic heterocycles. The minimum Gasteiger partial charge on any atom is -0.377 e. The van der Waals surface area contributed by atoms with Crippen LogP contribution >= 0.6 is 0 Å². The van der Waals surface area contributed by atoms with E-state index in [1.807, 2.05) is 69.7 Å². The molecule has 3 heteroatoms. The van der Waals surface area contributed by atoms with Crippen molar-refractivity contribution in [1.29, 1.82) is 0 Å². The molecule has 0 aliphatic carbocycles. The molecule has 3 aromatic rings. The predicted octanol–water partition coefficient (Wildman–Crippen LogP) is 4.18. The number of benzene rings is 3. The van der Waals surface area contributed by atoms with Crippen LogP contribution in [0.1, 0.15) is 10.4 Å². The highest BCUT2D eigenvalue weighted by molar-refractivity contribution is 6.12. The summed E-state index contributed by atoms with van der Waals surface area (Å²) < 4.78 is 0. The average Bonchev–Trinajstić information content (AvgIpc) is 2.60. The quantitative estimate of drug-likeness (QED) is 0.724. The van der Waals surface area contributed by atoms with Gasteiger partial charge < -0.3 is 9.80 Å². The SMILES string of the molecule is CN(C)c1cccc2c(N(C)C(=O)c3ccccc3)cccc12. The Bertz CT molecular complexity index is 841. The molecule has 3 rings (SSSR count). The first kappa shape index (κ1) is 15.1. The lowest BCUT2D eigenvalue weighted by atomic mass is 10.1. The minimum atomic E-state index is -0.00615. The number of amides is 1. The van der Waals surface area contributed by atoms with E-state index in [1.165, 1.54) is 0 Å². The number of anilines is 2. The van der Waals surface area contributed by atoms with Crippen molar-refractivity contribution in [3.63, 3.8) is 0 Å². The van der Waals surface area contributed by atoms with Crippen LogP contribution in [-0.2, 0) is 0 Å². The lowest BCUT2D eigenvalue weighted by Crippen LogP contribution is -2.26. The van der Waals surface area contributed by atoms with Gasteiger partial charge in [-0.3, -0.25) is 4.79 Å². The number of carbonyl (C=O) groups is 1. The van der Waals surface area contributed by atoms with E-state index in [1.54, 1.807) is 4.90 Å². The molecular weight excluding hydrogens is 284 g/mol. The standard InChI is InChI=1S/C20H20N2O/c1-21(2)18-13-7-12-17-16(18)11-8-14-19(17)22(3)20(23)15-9-5-4-6-10-15/h4-14H,1-3H3. The fourth-order valence-corrected chi connectivity index (χ4v) is 2.84. The Morgan fingerprint density at radius 3 is 1.87 bits per heavy atom. The lowest BCUT2D eigenvalue weighted by Gasteiger charge is -2.22. The van der Waals surface area contributed by atoms with Crippen LogP contribution in [0.3, 0.4) is 0 Å². The fraction of sp³-hybridized carbons (Fsp3) is 0.150. The van der Waals surface area contributed by atoms with Crippen LogP contribution in [0.25, 0.3) is 10.8 Å². The van der Waals surface area contributed by atoms with Gasteiger partial charge in [-0.1, -0.05) is 42.5 Å². The van der Waals surface area contributed by atoms with Gasteiger partial charge in [-0.15, -0.1) is 0 Å². The van der Waals surface area contributed by atoms with Gasteiger partial charge in [0, 0.05) is 43.2 Å². The van der Waals surface area contributed by atoms with Crippen molar-refractivity contribution in [2.45, 2.75) is 0 Å². The van der Waals surface area contributed by atoms with Crippen molar-refractivity contribution in [3.05, 3.63) is 72.3 Å². The van der Waals surface area contributed by atoms with E-state index in [2.05, 4.69) is 23.1 Å². The van der Waals surface area contributed by atoms with Crippen molar-refractivity contribution >= 4 is 28.1 Å². The second-order valence-electron chi connectivity index (χ2n) is 5.77. The van der Waals surface area contributed by atoms with Gasteiger partial charge in [-0.25, -0.2) is 0 Å². The molecule has 3 nitrogen and oxygen atoms in total. The Labute approximate surface area is 136 Å². The number of nitrogens with zero attached hydrogens (tertiary/aromatic N) is 2. The molecule has 3 aromatic carbocycles. The van der Waals surface area contributed by atoms with Crippen molar-refractivity contribution < 1.29 is 4.79 Å². The first-order valence-corrected chi connectivity index (χ1v) is 7.62. The summed E-state index contributed by atoms with van der Waals surface area (Å²) in [6.07, 6.45) is 0. The molecule has 1 amide bonds. The summed E-state index contributed by atoms with van der Waals surface area (Å²) in [6.45, 7) is 0. The molecule has 0 aliphatic rings. The summed E-state index contributed by atoms with van der Waals surface area (Å²) in [5, 5.41) is 2.22. The maximum atomic E-state index is 12.7. The molecule has 0 atom stereocenters. The van der Waals surface area contributed by atoms with Gasteiger partial charge in [-0.2, -0.15) is 0 Å². The summed E-state index contributed by atoms with van der Waals surface area (Å²) in [4.78, 5) is 16.5. The smallest absolute Gasteiger partial charge is 0.258 e. The van der Waals surface area contributed by atoms with E-state index in [4.69, 9.17) is 0 Å². The second-order valence-corrected chi connectivity index (χ2v) is 5.77. The van der Waals surface area contributed by atoms with Crippen LogP contribution in [-0.4, -0.2) is 27.1 Å². The van der Waals surface area contributed by atoms with Crippen LogP contribution in [0.15, 0.2) is 66.7 Å². The van der Waals surface area contributed by atoms with Gasteiger partial charge in [0.2, 0.25) is 0 Å². The summed E-state index contributed by atoms with van der Waals surface area (Å²) in [5.74, 6) is -0.00615. The lowest BCUT2D eigenvalue weighted by molar-refractivity contribution is 0.0993. The number of hydrogen-bond donors (Lipinski definition) is 0. The highest BCUT2D eigenvalue weighted by Crippen LogP contribution is 2.32. The van der Waals surface area contributed by atoms with Gasteiger partial charge in [0.25, 0.3) is 5.91 Å². The zero-order chi connectivity index (χ0) is 16.4.